The minimum Gasteiger partial charge on any atom is -0.462 e. The van der Waals surface area contributed by atoms with Crippen molar-refractivity contribution in [3.8, 4) is 0 Å². The van der Waals surface area contributed by atoms with Crippen LogP contribution in [0.3, 0.4) is 0 Å². The van der Waals surface area contributed by atoms with Crippen molar-refractivity contribution in [1.82, 2.24) is 0 Å². The van der Waals surface area contributed by atoms with E-state index in [0.29, 0.717) is 12.2 Å². The highest BCUT2D eigenvalue weighted by Gasteiger charge is 2.67. The third-order valence-corrected chi connectivity index (χ3v) is 6.58. The van der Waals surface area contributed by atoms with Gasteiger partial charge in [0.15, 0.2) is 0 Å². The molecular formula is C16H26O3. The lowest BCUT2D eigenvalue weighted by Crippen LogP contribution is -2.58. The molecule has 19 heavy (non-hydrogen) atoms. The highest BCUT2D eigenvalue weighted by Crippen LogP contribution is 2.68. The van der Waals surface area contributed by atoms with E-state index in [2.05, 4.69) is 27.7 Å². The van der Waals surface area contributed by atoms with Gasteiger partial charge in [-0.15, -0.1) is 0 Å². The van der Waals surface area contributed by atoms with Crippen LogP contribution in [-0.2, 0) is 14.3 Å². The van der Waals surface area contributed by atoms with Crippen LogP contribution in [0.2, 0.25) is 0 Å². The van der Waals surface area contributed by atoms with Crippen molar-refractivity contribution in [3.63, 3.8) is 0 Å². The first-order valence-corrected chi connectivity index (χ1v) is 7.26. The molecule has 0 radical (unpaired) electrons. The standard InChI is InChI=1S/C16H26O3/c1-10-12(18)9-15(5)8-7-13(19-11(2)17)14(3,4)16(10,15)6/h10,13H,7-9H2,1-6H3/t10-,13+,15-,16-/m1/s1. The smallest absolute Gasteiger partial charge is 0.302 e. The van der Waals surface area contributed by atoms with Crippen molar-refractivity contribution in [3.05, 3.63) is 0 Å². The Morgan fingerprint density at radius 2 is 1.84 bits per heavy atom. The van der Waals surface area contributed by atoms with Gasteiger partial charge in [-0.05, 0) is 23.7 Å². The summed E-state index contributed by atoms with van der Waals surface area (Å²) >= 11 is 0. The van der Waals surface area contributed by atoms with Crippen LogP contribution in [0.5, 0.6) is 0 Å². The zero-order chi connectivity index (χ0) is 14.6. The molecule has 0 spiro atoms. The van der Waals surface area contributed by atoms with E-state index < -0.39 is 0 Å². The van der Waals surface area contributed by atoms with Crippen LogP contribution in [0.4, 0.5) is 0 Å². The fourth-order valence-corrected chi connectivity index (χ4v) is 4.80. The minimum absolute atomic E-state index is 0.0314. The van der Waals surface area contributed by atoms with Crippen LogP contribution in [0.1, 0.15) is 60.8 Å². The molecule has 0 unspecified atom stereocenters. The van der Waals surface area contributed by atoms with Crippen LogP contribution in [0.15, 0.2) is 0 Å². The van der Waals surface area contributed by atoms with E-state index in [1.54, 1.807) is 0 Å². The number of esters is 1. The van der Waals surface area contributed by atoms with Crippen molar-refractivity contribution in [2.45, 2.75) is 66.9 Å². The summed E-state index contributed by atoms with van der Waals surface area (Å²) in [6, 6.07) is 0. The summed E-state index contributed by atoms with van der Waals surface area (Å²) in [5, 5.41) is 0. The molecule has 0 heterocycles. The average Bonchev–Trinajstić information content (AvgIpc) is 2.46. The molecule has 0 bridgehead atoms. The molecule has 108 valence electrons. The second kappa shape index (κ2) is 4.07. The number of carbonyl (C=O) groups excluding carboxylic acids is 2. The predicted molar refractivity (Wildman–Crippen MR) is 73.6 cm³/mol. The van der Waals surface area contributed by atoms with Crippen molar-refractivity contribution >= 4 is 11.8 Å². The molecule has 3 nitrogen and oxygen atoms in total. The summed E-state index contributed by atoms with van der Waals surface area (Å²) < 4.78 is 5.56. The van der Waals surface area contributed by atoms with Crippen LogP contribution in [0, 0.1) is 22.2 Å². The SMILES string of the molecule is CC(=O)O[C@H]1CC[C@]2(C)CC(=O)[C@@H](C)[C@]2(C)C1(C)C. The van der Waals surface area contributed by atoms with E-state index in [4.69, 9.17) is 4.74 Å². The maximum Gasteiger partial charge on any atom is 0.302 e. The lowest BCUT2D eigenvalue weighted by Gasteiger charge is -2.59. The molecule has 2 saturated carbocycles. The first-order valence-electron chi connectivity index (χ1n) is 7.26. The summed E-state index contributed by atoms with van der Waals surface area (Å²) in [5.74, 6) is 0.176. The Morgan fingerprint density at radius 3 is 2.37 bits per heavy atom. The maximum atomic E-state index is 12.3. The molecule has 0 aromatic carbocycles. The third-order valence-electron chi connectivity index (χ3n) is 6.58. The molecule has 2 fully saturated rings. The van der Waals surface area contributed by atoms with Gasteiger partial charge in [-0.3, -0.25) is 9.59 Å². The molecule has 2 rings (SSSR count). The molecule has 0 N–H and O–H groups in total. The number of Topliss-reactive ketones (excluding diaryl/α,β-unsaturated/α-hetero) is 1. The van der Waals surface area contributed by atoms with Gasteiger partial charge < -0.3 is 4.74 Å². The second-order valence-electron chi connectivity index (χ2n) is 7.49. The van der Waals surface area contributed by atoms with E-state index >= 15 is 0 Å². The van der Waals surface area contributed by atoms with Gasteiger partial charge in [0.25, 0.3) is 0 Å². The summed E-state index contributed by atoms with van der Waals surface area (Å²) in [6.07, 6.45) is 2.40. The van der Waals surface area contributed by atoms with Gasteiger partial charge in [-0.25, -0.2) is 0 Å². The van der Waals surface area contributed by atoms with Crippen molar-refractivity contribution in [1.29, 1.82) is 0 Å². The molecule has 2 aliphatic carbocycles. The van der Waals surface area contributed by atoms with Gasteiger partial charge in [0.05, 0.1) is 0 Å². The number of hydrogen-bond acceptors (Lipinski definition) is 3. The lowest BCUT2D eigenvalue weighted by molar-refractivity contribution is -0.189. The Balaban J connectivity index is 2.45. The number of ketones is 1. The lowest BCUT2D eigenvalue weighted by atomic mass is 9.46. The van der Waals surface area contributed by atoms with Crippen molar-refractivity contribution in [2.75, 3.05) is 0 Å². The Morgan fingerprint density at radius 1 is 1.26 bits per heavy atom. The second-order valence-corrected chi connectivity index (χ2v) is 7.49. The number of carbonyl (C=O) groups is 2. The minimum atomic E-state index is -0.220. The maximum absolute atomic E-state index is 12.3. The molecule has 2 aliphatic rings. The normalized spacial score (nSPS) is 44.8. The van der Waals surface area contributed by atoms with E-state index in [-0.39, 0.29) is 34.2 Å². The molecule has 0 aliphatic heterocycles. The average molecular weight is 266 g/mol. The zero-order valence-electron chi connectivity index (χ0n) is 13.0. The molecule has 0 aromatic heterocycles. The van der Waals surface area contributed by atoms with Crippen molar-refractivity contribution in [2.24, 2.45) is 22.2 Å². The summed E-state index contributed by atoms with van der Waals surface area (Å²) in [5.41, 5.74) is -0.268. The highest BCUT2D eigenvalue weighted by molar-refractivity contribution is 5.85. The number of fused-ring (bicyclic) bond motifs is 1. The van der Waals surface area contributed by atoms with Gasteiger partial charge in [0, 0.05) is 24.7 Å². The number of hydrogen-bond donors (Lipinski definition) is 0. The molecule has 3 heteroatoms. The highest BCUT2D eigenvalue weighted by atomic mass is 16.5. The van der Waals surface area contributed by atoms with E-state index in [0.717, 1.165) is 12.8 Å². The summed E-state index contributed by atoms with van der Waals surface area (Å²) in [7, 11) is 0. The molecule has 0 aromatic rings. The van der Waals surface area contributed by atoms with Gasteiger partial charge in [-0.1, -0.05) is 34.6 Å². The van der Waals surface area contributed by atoms with Crippen LogP contribution >= 0.6 is 0 Å². The summed E-state index contributed by atoms with van der Waals surface area (Å²) in [6.45, 7) is 12.3. The largest absolute Gasteiger partial charge is 0.462 e. The number of rotatable bonds is 1. The summed E-state index contributed by atoms with van der Waals surface area (Å²) in [4.78, 5) is 23.6. The fraction of sp³-hybridized carbons (Fsp3) is 0.875. The first-order chi connectivity index (χ1) is 8.56. The Bertz CT molecular complexity index is 426. The van der Waals surface area contributed by atoms with Crippen LogP contribution < -0.4 is 0 Å². The Kier molecular flexibility index (Phi) is 3.11. The first kappa shape index (κ1) is 14.5. The van der Waals surface area contributed by atoms with Crippen molar-refractivity contribution < 1.29 is 14.3 Å². The molecular weight excluding hydrogens is 240 g/mol. The topological polar surface area (TPSA) is 43.4 Å². The zero-order valence-corrected chi connectivity index (χ0v) is 13.0. The number of ether oxygens (including phenoxy) is 1. The van der Waals surface area contributed by atoms with E-state index in [1.165, 1.54) is 6.92 Å². The van der Waals surface area contributed by atoms with Crippen LogP contribution in [-0.4, -0.2) is 17.9 Å². The van der Waals surface area contributed by atoms with Gasteiger partial charge in [0.2, 0.25) is 0 Å². The Hall–Kier alpha value is -0.860. The third kappa shape index (κ3) is 1.70. The van der Waals surface area contributed by atoms with Gasteiger partial charge in [-0.2, -0.15) is 0 Å². The van der Waals surface area contributed by atoms with Crippen LogP contribution in [0.25, 0.3) is 0 Å². The Labute approximate surface area is 116 Å². The molecule has 0 amide bonds. The van der Waals surface area contributed by atoms with Gasteiger partial charge >= 0.3 is 5.97 Å². The van der Waals surface area contributed by atoms with E-state index in [9.17, 15) is 9.59 Å². The molecule has 4 atom stereocenters. The van der Waals surface area contributed by atoms with Gasteiger partial charge in [0.1, 0.15) is 11.9 Å². The quantitative estimate of drug-likeness (QED) is 0.683. The monoisotopic (exact) mass is 266 g/mol. The fourth-order valence-electron chi connectivity index (χ4n) is 4.80. The van der Waals surface area contributed by atoms with E-state index in [1.807, 2.05) is 6.92 Å². The predicted octanol–water partition coefficient (Wildman–Crippen LogP) is 3.36. The molecule has 0 saturated heterocycles.